The van der Waals surface area contributed by atoms with Crippen LogP contribution in [0.1, 0.15) is 38.2 Å². The highest BCUT2D eigenvalue weighted by molar-refractivity contribution is 5.77. The third-order valence-corrected chi connectivity index (χ3v) is 4.90. The standard InChI is InChI=1S/C17H25N3O2/c1-2-22-16-14(4-3-9-19-16)12-20-13-17(6-5-15(20)21)7-10-18-11-8-17/h3-4,9,18H,2,5-8,10-13H2,1H3. The summed E-state index contributed by atoms with van der Waals surface area (Å²) in [5.74, 6) is 0.915. The van der Waals surface area contributed by atoms with Crippen molar-refractivity contribution in [3.63, 3.8) is 0 Å². The Bertz CT molecular complexity index is 526. The number of piperidine rings is 2. The molecular weight excluding hydrogens is 278 g/mol. The lowest BCUT2D eigenvalue weighted by Gasteiger charge is -2.45. The maximum atomic E-state index is 12.3. The summed E-state index contributed by atoms with van der Waals surface area (Å²) in [6, 6.07) is 3.92. The number of carbonyl (C=O) groups excluding carboxylic acids is 1. The van der Waals surface area contributed by atoms with Gasteiger partial charge in [-0.25, -0.2) is 4.98 Å². The molecule has 2 fully saturated rings. The molecule has 3 heterocycles. The lowest BCUT2D eigenvalue weighted by molar-refractivity contribution is -0.139. The number of hydrogen-bond acceptors (Lipinski definition) is 4. The first-order chi connectivity index (χ1) is 10.7. The summed E-state index contributed by atoms with van der Waals surface area (Å²) in [6.07, 6.45) is 5.78. The van der Waals surface area contributed by atoms with E-state index >= 15 is 0 Å². The Hall–Kier alpha value is -1.62. The fourth-order valence-electron chi connectivity index (χ4n) is 3.63. The van der Waals surface area contributed by atoms with Gasteiger partial charge in [0.25, 0.3) is 0 Å². The lowest BCUT2D eigenvalue weighted by atomic mass is 9.72. The van der Waals surface area contributed by atoms with Crippen LogP contribution in [-0.2, 0) is 11.3 Å². The highest BCUT2D eigenvalue weighted by Gasteiger charge is 2.39. The fraction of sp³-hybridized carbons (Fsp3) is 0.647. The molecule has 0 aromatic carbocycles. The van der Waals surface area contributed by atoms with Crippen LogP contribution in [0.25, 0.3) is 0 Å². The van der Waals surface area contributed by atoms with Gasteiger partial charge in [-0.3, -0.25) is 4.79 Å². The van der Waals surface area contributed by atoms with E-state index in [4.69, 9.17) is 4.74 Å². The van der Waals surface area contributed by atoms with Crippen molar-refractivity contribution in [2.75, 3.05) is 26.2 Å². The predicted molar refractivity (Wildman–Crippen MR) is 84.6 cm³/mol. The van der Waals surface area contributed by atoms with Gasteiger partial charge in [0.1, 0.15) is 0 Å². The van der Waals surface area contributed by atoms with E-state index in [-0.39, 0.29) is 5.91 Å². The number of amides is 1. The Morgan fingerprint density at radius 3 is 2.95 bits per heavy atom. The molecule has 2 saturated heterocycles. The van der Waals surface area contributed by atoms with Gasteiger partial charge in [0.15, 0.2) is 0 Å². The average molecular weight is 303 g/mol. The number of hydrogen-bond donors (Lipinski definition) is 1. The number of likely N-dealkylation sites (tertiary alicyclic amines) is 1. The number of rotatable bonds is 4. The van der Waals surface area contributed by atoms with Crippen LogP contribution < -0.4 is 10.1 Å². The van der Waals surface area contributed by atoms with Crippen molar-refractivity contribution < 1.29 is 9.53 Å². The van der Waals surface area contributed by atoms with Crippen molar-refractivity contribution in [3.8, 4) is 5.88 Å². The van der Waals surface area contributed by atoms with Crippen molar-refractivity contribution in [1.29, 1.82) is 0 Å². The van der Waals surface area contributed by atoms with Crippen LogP contribution >= 0.6 is 0 Å². The van der Waals surface area contributed by atoms with Gasteiger partial charge in [0, 0.05) is 24.7 Å². The second-order valence-corrected chi connectivity index (χ2v) is 6.40. The molecule has 1 aromatic heterocycles. The predicted octanol–water partition coefficient (Wildman–Crippen LogP) is 1.97. The first-order valence-corrected chi connectivity index (χ1v) is 8.28. The van der Waals surface area contributed by atoms with Crippen LogP contribution in [0.5, 0.6) is 5.88 Å². The van der Waals surface area contributed by atoms with E-state index in [9.17, 15) is 4.79 Å². The minimum atomic E-state index is 0.260. The zero-order chi connectivity index (χ0) is 15.4. The van der Waals surface area contributed by atoms with Crippen molar-refractivity contribution in [2.24, 2.45) is 5.41 Å². The van der Waals surface area contributed by atoms with Gasteiger partial charge in [-0.2, -0.15) is 0 Å². The van der Waals surface area contributed by atoms with Gasteiger partial charge in [-0.05, 0) is 50.8 Å². The Kier molecular flexibility index (Phi) is 4.62. The molecule has 2 aliphatic rings. The summed E-state index contributed by atoms with van der Waals surface area (Å²) in [6.45, 7) is 6.16. The molecule has 0 unspecified atom stereocenters. The third-order valence-electron chi connectivity index (χ3n) is 4.90. The zero-order valence-electron chi connectivity index (χ0n) is 13.3. The molecule has 1 N–H and O–H groups in total. The number of pyridine rings is 1. The summed E-state index contributed by atoms with van der Waals surface area (Å²) in [5.41, 5.74) is 1.32. The van der Waals surface area contributed by atoms with Crippen molar-refractivity contribution >= 4 is 5.91 Å². The van der Waals surface area contributed by atoms with E-state index in [0.29, 0.717) is 30.9 Å². The quantitative estimate of drug-likeness (QED) is 0.924. The Morgan fingerprint density at radius 1 is 1.36 bits per heavy atom. The number of aromatic nitrogens is 1. The molecule has 0 aliphatic carbocycles. The molecule has 0 saturated carbocycles. The molecule has 5 heteroatoms. The van der Waals surface area contributed by atoms with Crippen LogP contribution in [0, 0.1) is 5.41 Å². The molecule has 3 rings (SSSR count). The van der Waals surface area contributed by atoms with Crippen molar-refractivity contribution in [2.45, 2.75) is 39.2 Å². The molecule has 1 spiro atoms. The summed E-state index contributed by atoms with van der Waals surface area (Å²) in [7, 11) is 0. The number of ether oxygens (including phenoxy) is 1. The number of nitrogens with zero attached hydrogens (tertiary/aromatic N) is 2. The monoisotopic (exact) mass is 303 g/mol. The van der Waals surface area contributed by atoms with Crippen molar-refractivity contribution in [1.82, 2.24) is 15.2 Å². The first kappa shape index (κ1) is 15.3. The highest BCUT2D eigenvalue weighted by atomic mass is 16.5. The van der Waals surface area contributed by atoms with Crippen LogP contribution in [0.15, 0.2) is 18.3 Å². The smallest absolute Gasteiger partial charge is 0.222 e. The van der Waals surface area contributed by atoms with E-state index in [1.54, 1.807) is 6.20 Å². The number of carbonyl (C=O) groups is 1. The van der Waals surface area contributed by atoms with Gasteiger partial charge in [0.2, 0.25) is 11.8 Å². The minimum absolute atomic E-state index is 0.260. The molecule has 0 bridgehead atoms. The average Bonchev–Trinajstić information content (AvgIpc) is 2.54. The van der Waals surface area contributed by atoms with Gasteiger partial charge in [-0.1, -0.05) is 6.07 Å². The molecule has 22 heavy (non-hydrogen) atoms. The van der Waals surface area contributed by atoms with Crippen molar-refractivity contribution in [3.05, 3.63) is 23.9 Å². The normalized spacial score (nSPS) is 21.1. The van der Waals surface area contributed by atoms with E-state index in [0.717, 1.165) is 31.6 Å². The lowest BCUT2D eigenvalue weighted by Crippen LogP contribution is -2.50. The Balaban J connectivity index is 1.74. The number of nitrogens with one attached hydrogen (secondary N) is 1. The van der Waals surface area contributed by atoms with E-state index in [2.05, 4.69) is 10.3 Å². The molecule has 0 radical (unpaired) electrons. The Labute approximate surface area is 132 Å². The molecule has 1 aromatic rings. The fourth-order valence-corrected chi connectivity index (χ4v) is 3.63. The van der Waals surface area contributed by atoms with Gasteiger partial charge in [-0.15, -0.1) is 0 Å². The summed E-state index contributed by atoms with van der Waals surface area (Å²) < 4.78 is 5.59. The SMILES string of the molecule is CCOc1ncccc1CN1CC2(CCNCC2)CCC1=O. The summed E-state index contributed by atoms with van der Waals surface area (Å²) in [4.78, 5) is 18.6. The largest absolute Gasteiger partial charge is 0.478 e. The second-order valence-electron chi connectivity index (χ2n) is 6.40. The highest BCUT2D eigenvalue weighted by Crippen LogP contribution is 2.39. The molecule has 5 nitrogen and oxygen atoms in total. The van der Waals surface area contributed by atoms with E-state index < -0.39 is 0 Å². The minimum Gasteiger partial charge on any atom is -0.478 e. The molecule has 2 aliphatic heterocycles. The zero-order valence-corrected chi connectivity index (χ0v) is 13.3. The summed E-state index contributed by atoms with van der Waals surface area (Å²) in [5, 5.41) is 3.42. The van der Waals surface area contributed by atoms with Crippen LogP contribution in [0.2, 0.25) is 0 Å². The van der Waals surface area contributed by atoms with E-state index in [1.807, 2.05) is 24.0 Å². The summed E-state index contributed by atoms with van der Waals surface area (Å²) >= 11 is 0. The molecule has 0 atom stereocenters. The maximum absolute atomic E-state index is 12.3. The third kappa shape index (κ3) is 3.24. The van der Waals surface area contributed by atoms with Crippen LogP contribution in [-0.4, -0.2) is 42.0 Å². The second kappa shape index (κ2) is 6.65. The topological polar surface area (TPSA) is 54.5 Å². The van der Waals surface area contributed by atoms with Crippen LogP contribution in [0.3, 0.4) is 0 Å². The molecular formula is C17H25N3O2. The maximum Gasteiger partial charge on any atom is 0.222 e. The molecule has 1 amide bonds. The van der Waals surface area contributed by atoms with Gasteiger partial charge >= 0.3 is 0 Å². The van der Waals surface area contributed by atoms with Crippen LogP contribution in [0.4, 0.5) is 0 Å². The van der Waals surface area contributed by atoms with Gasteiger partial charge in [0.05, 0.1) is 13.2 Å². The molecule has 120 valence electrons. The Morgan fingerprint density at radius 2 is 2.18 bits per heavy atom. The van der Waals surface area contributed by atoms with Gasteiger partial charge < -0.3 is 15.0 Å². The first-order valence-electron chi connectivity index (χ1n) is 8.28. The van der Waals surface area contributed by atoms with E-state index in [1.165, 1.54) is 12.8 Å².